The fraction of sp³-hybridized carbons (Fsp3) is 0.971. The highest BCUT2D eigenvalue weighted by Crippen LogP contribution is 2.54. The van der Waals surface area contributed by atoms with Gasteiger partial charge in [-0.2, -0.15) is 25.3 Å². The lowest BCUT2D eigenvalue weighted by atomic mass is 9.83. The number of hydrogen-bond acceptors (Lipinski definition) is 12. The minimum absolute atomic E-state index is 0.00463. The molecule has 0 aromatic rings. The normalized spacial score (nSPS) is 36.0. The highest BCUT2D eigenvalue weighted by Gasteiger charge is 2.61. The minimum Gasteiger partial charge on any atom is -0.459 e. The van der Waals surface area contributed by atoms with Crippen molar-refractivity contribution < 1.29 is 52.1 Å². The van der Waals surface area contributed by atoms with Crippen LogP contribution in [-0.2, 0) is 57.2 Å². The Balaban J connectivity index is 0.000000310. The van der Waals surface area contributed by atoms with Gasteiger partial charge in [0.05, 0.1) is 29.8 Å². The molecule has 0 aromatic carbocycles. The van der Waals surface area contributed by atoms with Crippen molar-refractivity contribution in [1.82, 2.24) is 0 Å². The molecular weight excluding hydrogens is 709 g/mol. The number of carbonyl (C=O) groups is 1. The topological polar surface area (TPSA) is 166 Å². The summed E-state index contributed by atoms with van der Waals surface area (Å²) in [5.74, 6) is 1.22. The Morgan fingerprint density at radius 1 is 0.620 bits per heavy atom. The van der Waals surface area contributed by atoms with Gasteiger partial charge in [-0.3, -0.25) is 17.3 Å². The Morgan fingerprint density at radius 3 is 1.58 bits per heavy atom. The molecule has 0 N–H and O–H groups in total. The zero-order valence-electron chi connectivity index (χ0n) is 32.3. The largest absolute Gasteiger partial charge is 0.459 e. The molecule has 8 atom stereocenters. The molecule has 8 unspecified atom stereocenters. The van der Waals surface area contributed by atoms with Gasteiger partial charge in [0.2, 0.25) is 0 Å². The Kier molecular flexibility index (Phi) is 20.5. The molecular formula is C35H68O12S3. The smallest absolute Gasteiger partial charge is 0.306 e. The van der Waals surface area contributed by atoms with Crippen LogP contribution in [0.3, 0.4) is 0 Å². The summed E-state index contributed by atoms with van der Waals surface area (Å²) in [6.45, 7) is 20.4. The lowest BCUT2D eigenvalue weighted by molar-refractivity contribution is -0.150. The predicted molar refractivity (Wildman–Crippen MR) is 196 cm³/mol. The average molecular weight is 777 g/mol. The predicted octanol–water partition coefficient (Wildman–Crippen LogP) is 7.05. The number of carbonyl (C=O) groups excluding carboxylic acids is 1. The van der Waals surface area contributed by atoms with Crippen molar-refractivity contribution in [2.45, 2.75) is 193 Å². The second kappa shape index (κ2) is 21.8. The van der Waals surface area contributed by atoms with E-state index in [0.717, 1.165) is 44.9 Å². The van der Waals surface area contributed by atoms with E-state index in [1.165, 1.54) is 19.3 Å². The van der Waals surface area contributed by atoms with Crippen LogP contribution in [0.2, 0.25) is 0 Å². The molecule has 0 radical (unpaired) electrons. The third-order valence-electron chi connectivity index (χ3n) is 9.70. The van der Waals surface area contributed by atoms with Crippen LogP contribution in [0.4, 0.5) is 0 Å². The van der Waals surface area contributed by atoms with E-state index in [9.17, 15) is 30.0 Å². The maximum absolute atomic E-state index is 11.3. The molecule has 9 rings (SSSR count). The van der Waals surface area contributed by atoms with Crippen LogP contribution in [0.1, 0.15) is 153 Å². The molecule has 9 aliphatic rings. The highest BCUT2D eigenvalue weighted by atomic mass is 32.2. The monoisotopic (exact) mass is 776 g/mol. The Labute approximate surface area is 304 Å². The lowest BCUT2D eigenvalue weighted by Crippen LogP contribution is -2.30. The molecule has 0 amide bonds. The summed E-state index contributed by atoms with van der Waals surface area (Å²) >= 11 is 0. The summed E-state index contributed by atoms with van der Waals surface area (Å²) in [7, 11) is -9.43. The zero-order chi connectivity index (χ0) is 38.3. The van der Waals surface area contributed by atoms with Crippen molar-refractivity contribution in [2.75, 3.05) is 12.4 Å². The van der Waals surface area contributed by atoms with Crippen molar-refractivity contribution >= 4 is 36.3 Å². The van der Waals surface area contributed by atoms with Crippen molar-refractivity contribution in [2.24, 2.45) is 11.8 Å². The molecule has 50 heavy (non-hydrogen) atoms. The average Bonchev–Trinajstić information content (AvgIpc) is 4.00. The summed E-state index contributed by atoms with van der Waals surface area (Å²) in [4.78, 5) is 10.9. The number of fused-ring (bicyclic) bond motifs is 2. The first-order valence-electron chi connectivity index (χ1n) is 19.4. The van der Waals surface area contributed by atoms with Crippen LogP contribution in [0.15, 0.2) is 0 Å². The van der Waals surface area contributed by atoms with Gasteiger partial charge in [0.25, 0.3) is 30.4 Å². The quantitative estimate of drug-likeness (QED) is 0.182. The molecule has 9 fully saturated rings. The molecule has 6 saturated heterocycles. The summed E-state index contributed by atoms with van der Waals surface area (Å²) < 4.78 is 90.2. The molecule has 3 saturated carbocycles. The lowest BCUT2D eigenvalue weighted by Gasteiger charge is -2.31. The molecule has 3 aliphatic carbocycles. The van der Waals surface area contributed by atoms with E-state index in [-0.39, 0.29) is 52.2 Å². The Morgan fingerprint density at radius 2 is 1.20 bits per heavy atom. The van der Waals surface area contributed by atoms with Gasteiger partial charge in [-0.15, -0.1) is 0 Å². The van der Waals surface area contributed by atoms with E-state index in [2.05, 4.69) is 4.18 Å². The van der Waals surface area contributed by atoms with Crippen molar-refractivity contribution in [1.29, 1.82) is 0 Å². The molecule has 4 bridgehead atoms. The number of hydrogen-bond donors (Lipinski definition) is 0. The molecule has 12 nitrogen and oxygen atoms in total. The van der Waals surface area contributed by atoms with E-state index >= 15 is 0 Å². The summed E-state index contributed by atoms with van der Waals surface area (Å²) in [5.41, 5.74) is -0.00463. The third-order valence-corrected chi connectivity index (χ3v) is 14.5. The fourth-order valence-electron chi connectivity index (χ4n) is 7.86. The third kappa shape index (κ3) is 12.1. The van der Waals surface area contributed by atoms with Crippen LogP contribution >= 0.6 is 0 Å². The van der Waals surface area contributed by atoms with Crippen molar-refractivity contribution in [3.8, 4) is 0 Å². The molecule has 0 aromatic heterocycles. The van der Waals surface area contributed by atoms with E-state index in [4.69, 9.17) is 17.8 Å². The molecule has 1 spiro atoms. The Bertz CT molecular complexity index is 1230. The second-order valence-electron chi connectivity index (χ2n) is 12.4. The number of ether oxygens (including phenoxy) is 2. The fourth-order valence-corrected chi connectivity index (χ4v) is 12.4. The highest BCUT2D eigenvalue weighted by molar-refractivity contribution is 7.88. The van der Waals surface area contributed by atoms with Crippen molar-refractivity contribution in [3.63, 3.8) is 0 Å². The van der Waals surface area contributed by atoms with Gasteiger partial charge in [0.15, 0.2) is 0 Å². The van der Waals surface area contributed by atoms with Crippen LogP contribution in [-0.4, -0.2) is 84.1 Å². The van der Waals surface area contributed by atoms with Crippen LogP contribution in [0.5, 0.6) is 0 Å². The first-order valence-corrected chi connectivity index (χ1v) is 24.0. The minimum atomic E-state index is -3.26. The van der Waals surface area contributed by atoms with E-state index < -0.39 is 30.4 Å². The second-order valence-corrected chi connectivity index (χ2v) is 17.7. The van der Waals surface area contributed by atoms with Gasteiger partial charge in [-0.05, 0) is 70.1 Å². The number of esters is 1. The molecule has 6 aliphatic heterocycles. The molecule has 15 heteroatoms. The Hall–Kier alpha value is -0.840. The SMILES string of the molecule is CC.CC.CC.CC.CC.O=C1CCC2(CCCCC2)O1.O=S1(=O)CCCO1.O=S1(=O)OC2CC3CC1C2O3.O=S1(=O)OC2CC3CC2C1C3. The van der Waals surface area contributed by atoms with Gasteiger partial charge in [0.1, 0.15) is 23.1 Å². The summed E-state index contributed by atoms with van der Waals surface area (Å²) in [6, 6.07) is 0. The first-order chi connectivity index (χ1) is 23.8. The molecule has 298 valence electrons. The summed E-state index contributed by atoms with van der Waals surface area (Å²) in [5, 5.41) is -0.488. The van der Waals surface area contributed by atoms with Crippen molar-refractivity contribution in [3.05, 3.63) is 0 Å². The van der Waals surface area contributed by atoms with E-state index in [1.807, 2.05) is 69.2 Å². The first kappa shape index (κ1) is 47.2. The van der Waals surface area contributed by atoms with Crippen LogP contribution in [0, 0.1) is 11.8 Å². The maximum Gasteiger partial charge on any atom is 0.306 e. The van der Waals surface area contributed by atoms with E-state index in [0.29, 0.717) is 37.7 Å². The standard InChI is InChI=1S/C9H14O2.C7H10O3S.C6H8O4S.C3H6O3S.5C2H6/c10-8-4-7-9(11-8)5-2-1-3-6-9;8-11(9)7-3-4-1-5(7)6(2-4)10-11;7-11(8)5-2-3-1-4(10-11)6(5)9-3;4-7(5)3-1-2-6-7;5*1-2/h1-7H2;4-7H,1-3H2;3-6H,1-2H2;1-3H2;5*1-2H3. The zero-order valence-corrected chi connectivity index (χ0v) is 34.8. The maximum atomic E-state index is 11.3. The van der Waals surface area contributed by atoms with Gasteiger partial charge >= 0.3 is 5.97 Å². The van der Waals surface area contributed by atoms with Gasteiger partial charge < -0.3 is 9.47 Å². The van der Waals surface area contributed by atoms with Crippen LogP contribution < -0.4 is 0 Å². The number of rotatable bonds is 0. The van der Waals surface area contributed by atoms with Crippen LogP contribution in [0.25, 0.3) is 0 Å². The van der Waals surface area contributed by atoms with E-state index in [1.54, 1.807) is 0 Å². The van der Waals surface area contributed by atoms with Gasteiger partial charge in [-0.1, -0.05) is 75.7 Å². The summed E-state index contributed by atoms with van der Waals surface area (Å²) in [6.07, 6.45) is 12.6. The van der Waals surface area contributed by atoms with Gasteiger partial charge in [0, 0.05) is 18.8 Å². The molecule has 6 heterocycles. The van der Waals surface area contributed by atoms with Gasteiger partial charge in [-0.25, -0.2) is 0 Å².